The second-order valence-electron chi connectivity index (χ2n) is 6.61. The minimum absolute atomic E-state index is 0.128. The molecule has 1 heterocycles. The third-order valence-electron chi connectivity index (χ3n) is 4.49. The Bertz CT molecular complexity index is 1070. The summed E-state index contributed by atoms with van der Waals surface area (Å²) < 4.78 is 51.7. The molecule has 0 amide bonds. The van der Waals surface area contributed by atoms with E-state index >= 15 is 0 Å². The van der Waals surface area contributed by atoms with Crippen LogP contribution in [0.25, 0.3) is 17.5 Å². The van der Waals surface area contributed by atoms with Crippen LogP contribution in [-0.4, -0.2) is 29.2 Å². The highest BCUT2D eigenvalue weighted by molar-refractivity contribution is 5.91. The highest BCUT2D eigenvalue weighted by Crippen LogP contribution is 2.33. The van der Waals surface area contributed by atoms with E-state index in [1.165, 1.54) is 30.1 Å². The first kappa shape index (κ1) is 22.1. The van der Waals surface area contributed by atoms with Crippen molar-refractivity contribution >= 4 is 12.0 Å². The van der Waals surface area contributed by atoms with Crippen LogP contribution in [0.4, 0.5) is 13.2 Å². The summed E-state index contributed by atoms with van der Waals surface area (Å²) in [6, 6.07) is 13.7. The number of nitrogens with zero attached hydrogens (tertiary/aromatic N) is 2. The molecule has 0 aliphatic heterocycles. The largest absolute Gasteiger partial charge is 0.501 e. The van der Waals surface area contributed by atoms with Gasteiger partial charge in [-0.2, -0.15) is 13.2 Å². The predicted octanol–water partition coefficient (Wildman–Crippen LogP) is 5.41. The number of hydrogen-bond donors (Lipinski definition) is 0. The molecular weight excluding hydrogens is 409 g/mol. The molecule has 0 unspecified atom stereocenters. The molecule has 0 radical (unpaired) electrons. The van der Waals surface area contributed by atoms with E-state index < -0.39 is 17.8 Å². The van der Waals surface area contributed by atoms with Gasteiger partial charge in [0.15, 0.2) is 5.69 Å². The maximum absolute atomic E-state index is 13.4. The van der Waals surface area contributed by atoms with Crippen LogP contribution in [-0.2, 0) is 22.2 Å². The smallest absolute Gasteiger partial charge is 0.434 e. The topological polar surface area (TPSA) is 53.4 Å². The summed E-state index contributed by atoms with van der Waals surface area (Å²) in [6.07, 6.45) is -0.592. The van der Waals surface area contributed by atoms with Crippen molar-refractivity contribution < 1.29 is 27.4 Å². The molecule has 0 N–H and O–H groups in total. The third-order valence-corrected chi connectivity index (χ3v) is 4.49. The molecule has 0 saturated carbocycles. The number of benzene rings is 2. The van der Waals surface area contributed by atoms with Gasteiger partial charge in [0.2, 0.25) is 0 Å². The molecule has 5 nitrogen and oxygen atoms in total. The molecule has 0 fully saturated rings. The van der Waals surface area contributed by atoms with Crippen LogP contribution in [0.2, 0.25) is 0 Å². The van der Waals surface area contributed by atoms with Crippen LogP contribution in [0.5, 0.6) is 0 Å². The van der Waals surface area contributed by atoms with Crippen LogP contribution in [0.1, 0.15) is 34.1 Å². The van der Waals surface area contributed by atoms with E-state index in [1.807, 2.05) is 30.3 Å². The normalized spacial score (nSPS) is 11.6. The highest BCUT2D eigenvalue weighted by atomic mass is 19.4. The lowest BCUT2D eigenvalue weighted by Gasteiger charge is -2.11. The van der Waals surface area contributed by atoms with Crippen molar-refractivity contribution in [1.82, 2.24) is 9.55 Å². The van der Waals surface area contributed by atoms with Crippen molar-refractivity contribution in [2.45, 2.75) is 19.6 Å². The first-order valence-corrected chi connectivity index (χ1v) is 9.52. The summed E-state index contributed by atoms with van der Waals surface area (Å²) in [7, 11) is 1.26. The van der Waals surface area contributed by atoms with Crippen molar-refractivity contribution in [1.29, 1.82) is 0 Å². The van der Waals surface area contributed by atoms with Gasteiger partial charge in [0.25, 0.3) is 0 Å². The Morgan fingerprint density at radius 2 is 1.90 bits per heavy atom. The number of imidazole rings is 1. The first-order chi connectivity index (χ1) is 14.8. The number of methoxy groups -OCH3 is 1. The van der Waals surface area contributed by atoms with Crippen LogP contribution < -0.4 is 0 Å². The van der Waals surface area contributed by atoms with Crippen molar-refractivity contribution in [3.05, 3.63) is 83.4 Å². The van der Waals surface area contributed by atoms with Gasteiger partial charge >= 0.3 is 12.1 Å². The van der Waals surface area contributed by atoms with E-state index in [2.05, 4.69) is 4.98 Å². The number of rotatable bonds is 7. The number of carbonyl (C=O) groups excluding carboxylic acids is 1. The number of esters is 1. The van der Waals surface area contributed by atoms with Gasteiger partial charge in [-0.1, -0.05) is 30.3 Å². The number of halogens is 3. The summed E-state index contributed by atoms with van der Waals surface area (Å²) >= 11 is 0. The van der Waals surface area contributed by atoms with Gasteiger partial charge in [-0.3, -0.25) is 0 Å². The van der Waals surface area contributed by atoms with Crippen molar-refractivity contribution in [2.24, 2.45) is 0 Å². The fourth-order valence-electron chi connectivity index (χ4n) is 3.03. The number of aromatic nitrogens is 2. The molecule has 1 aromatic heterocycles. The molecule has 0 saturated heterocycles. The van der Waals surface area contributed by atoms with Gasteiger partial charge in [-0.05, 0) is 42.3 Å². The van der Waals surface area contributed by atoms with Crippen LogP contribution in [0, 0.1) is 0 Å². The molecular formula is C23H21F3N2O3. The molecule has 0 aliphatic rings. The van der Waals surface area contributed by atoms with E-state index in [1.54, 1.807) is 19.1 Å². The lowest BCUT2D eigenvalue weighted by atomic mass is 10.0. The quantitative estimate of drug-likeness (QED) is 0.372. The SMILES string of the molecule is CCOC=Cc1cc(C(=O)OC)ccc1-c1nc(C(F)(F)F)cn1Cc1ccccc1. The van der Waals surface area contributed by atoms with E-state index in [4.69, 9.17) is 9.47 Å². The van der Waals surface area contributed by atoms with E-state index in [9.17, 15) is 18.0 Å². The molecule has 2 aromatic carbocycles. The molecule has 31 heavy (non-hydrogen) atoms. The summed E-state index contributed by atoms with van der Waals surface area (Å²) in [5.41, 5.74) is 1.00. The van der Waals surface area contributed by atoms with Crippen LogP contribution in [0.15, 0.2) is 61.0 Å². The number of ether oxygens (including phenoxy) is 2. The standard InChI is InChI=1S/C23H21F3N2O3/c1-3-31-12-11-17-13-18(22(29)30-2)9-10-19(17)21-27-20(23(24,25)26)15-28(21)14-16-7-5-4-6-8-16/h4-13,15H,3,14H2,1-2H3. The Hall–Kier alpha value is -3.55. The zero-order chi connectivity index (χ0) is 22.4. The number of alkyl halides is 3. The molecule has 0 bridgehead atoms. The van der Waals surface area contributed by atoms with Gasteiger partial charge in [-0.25, -0.2) is 9.78 Å². The van der Waals surface area contributed by atoms with Crippen LogP contribution in [0.3, 0.4) is 0 Å². The second kappa shape index (κ2) is 9.51. The summed E-state index contributed by atoms with van der Waals surface area (Å²) in [5.74, 6) is -0.426. The monoisotopic (exact) mass is 430 g/mol. The predicted molar refractivity (Wildman–Crippen MR) is 110 cm³/mol. The lowest BCUT2D eigenvalue weighted by molar-refractivity contribution is -0.140. The number of carbonyl (C=O) groups is 1. The molecule has 0 spiro atoms. The fourth-order valence-corrected chi connectivity index (χ4v) is 3.03. The van der Waals surface area contributed by atoms with Gasteiger partial charge in [0, 0.05) is 18.3 Å². The maximum Gasteiger partial charge on any atom is 0.434 e. The van der Waals surface area contributed by atoms with Crippen molar-refractivity contribution in [3.8, 4) is 11.4 Å². The van der Waals surface area contributed by atoms with E-state index in [0.717, 1.165) is 11.8 Å². The zero-order valence-corrected chi connectivity index (χ0v) is 17.0. The number of hydrogen-bond acceptors (Lipinski definition) is 4. The Morgan fingerprint density at radius 3 is 2.55 bits per heavy atom. The van der Waals surface area contributed by atoms with E-state index in [-0.39, 0.29) is 17.9 Å². The van der Waals surface area contributed by atoms with Crippen LogP contribution >= 0.6 is 0 Å². The van der Waals surface area contributed by atoms with Crippen molar-refractivity contribution in [3.63, 3.8) is 0 Å². The lowest BCUT2D eigenvalue weighted by Crippen LogP contribution is -2.05. The molecule has 3 aromatic rings. The molecule has 8 heteroatoms. The minimum Gasteiger partial charge on any atom is -0.501 e. The molecule has 0 aliphatic carbocycles. The van der Waals surface area contributed by atoms with Gasteiger partial charge in [0.1, 0.15) is 5.82 Å². The van der Waals surface area contributed by atoms with E-state index in [0.29, 0.717) is 17.7 Å². The average Bonchev–Trinajstić information content (AvgIpc) is 3.18. The van der Waals surface area contributed by atoms with Gasteiger partial charge in [-0.15, -0.1) is 0 Å². The Labute approximate surface area is 177 Å². The zero-order valence-electron chi connectivity index (χ0n) is 17.0. The Morgan fingerprint density at radius 1 is 1.16 bits per heavy atom. The maximum atomic E-state index is 13.4. The molecule has 0 atom stereocenters. The Balaban J connectivity index is 2.15. The second-order valence-corrected chi connectivity index (χ2v) is 6.61. The average molecular weight is 430 g/mol. The summed E-state index contributed by atoms with van der Waals surface area (Å²) in [5, 5.41) is 0. The summed E-state index contributed by atoms with van der Waals surface area (Å²) in [4.78, 5) is 15.8. The Kier molecular flexibility index (Phi) is 6.79. The van der Waals surface area contributed by atoms with Crippen molar-refractivity contribution in [2.75, 3.05) is 13.7 Å². The highest BCUT2D eigenvalue weighted by Gasteiger charge is 2.35. The summed E-state index contributed by atoms with van der Waals surface area (Å²) in [6.45, 7) is 2.42. The van der Waals surface area contributed by atoms with Gasteiger partial charge in [0.05, 0.1) is 25.5 Å². The molecule has 162 valence electrons. The minimum atomic E-state index is -4.59. The molecule has 3 rings (SSSR count). The van der Waals surface area contributed by atoms with Gasteiger partial charge < -0.3 is 14.0 Å². The third kappa shape index (κ3) is 5.33. The first-order valence-electron chi connectivity index (χ1n) is 9.52. The fraction of sp³-hybridized carbons (Fsp3) is 0.217.